The van der Waals surface area contributed by atoms with Crippen molar-refractivity contribution in [3.8, 4) is 17.2 Å². The third kappa shape index (κ3) is 2.45. The van der Waals surface area contributed by atoms with Crippen molar-refractivity contribution in [1.29, 1.82) is 5.26 Å². The fourth-order valence-corrected chi connectivity index (χ4v) is 2.83. The molecule has 0 fully saturated rings. The molecule has 3 aromatic rings. The van der Waals surface area contributed by atoms with Crippen LogP contribution in [0.2, 0.25) is 0 Å². The van der Waals surface area contributed by atoms with E-state index in [4.69, 9.17) is 0 Å². The molecule has 0 spiro atoms. The molecule has 0 radical (unpaired) electrons. The van der Waals surface area contributed by atoms with E-state index in [1.165, 1.54) is 4.57 Å². The number of hydrogen-bond donors (Lipinski definition) is 0. The van der Waals surface area contributed by atoms with Gasteiger partial charge in [0.1, 0.15) is 11.8 Å². The Morgan fingerprint density at radius 3 is 2.39 bits per heavy atom. The lowest BCUT2D eigenvalue weighted by Gasteiger charge is -2.15. The van der Waals surface area contributed by atoms with Gasteiger partial charge < -0.3 is 0 Å². The average molecular weight is 300 g/mol. The van der Waals surface area contributed by atoms with E-state index in [2.05, 4.69) is 12.6 Å². The summed E-state index contributed by atoms with van der Waals surface area (Å²) < 4.78 is 1.49. The first kappa shape index (κ1) is 14.8. The van der Waals surface area contributed by atoms with Crippen molar-refractivity contribution in [3.63, 3.8) is 0 Å². The van der Waals surface area contributed by atoms with Gasteiger partial charge in [0, 0.05) is 17.5 Å². The number of hydrogen-bond acceptors (Lipinski definition) is 2. The fraction of sp³-hybridized carbons (Fsp3) is 0.100. The van der Waals surface area contributed by atoms with Gasteiger partial charge in [-0.2, -0.15) is 5.26 Å². The van der Waals surface area contributed by atoms with Gasteiger partial charge in [0.15, 0.2) is 0 Å². The molecule has 23 heavy (non-hydrogen) atoms. The van der Waals surface area contributed by atoms with Crippen molar-refractivity contribution in [2.75, 3.05) is 0 Å². The van der Waals surface area contributed by atoms with E-state index in [-0.39, 0.29) is 5.56 Å². The van der Waals surface area contributed by atoms with Gasteiger partial charge in [0.05, 0.1) is 0 Å². The SMILES string of the molecule is C=CCn1c(C#N)c(-c2ccc(C)cc2)c2ccccc2c1=O. The fourth-order valence-electron chi connectivity index (χ4n) is 2.83. The highest BCUT2D eigenvalue weighted by molar-refractivity contribution is 5.98. The molecule has 3 heteroatoms. The van der Waals surface area contributed by atoms with E-state index in [9.17, 15) is 10.1 Å². The number of pyridine rings is 1. The normalized spacial score (nSPS) is 10.4. The van der Waals surface area contributed by atoms with Gasteiger partial charge in [-0.15, -0.1) is 6.58 Å². The summed E-state index contributed by atoms with van der Waals surface area (Å²) >= 11 is 0. The van der Waals surface area contributed by atoms with Crippen LogP contribution in [0.4, 0.5) is 0 Å². The van der Waals surface area contributed by atoms with Gasteiger partial charge in [0.25, 0.3) is 5.56 Å². The molecule has 1 aromatic heterocycles. The van der Waals surface area contributed by atoms with Gasteiger partial charge in [-0.3, -0.25) is 9.36 Å². The summed E-state index contributed by atoms with van der Waals surface area (Å²) in [6, 6.07) is 17.6. The van der Waals surface area contributed by atoms with Gasteiger partial charge >= 0.3 is 0 Å². The summed E-state index contributed by atoms with van der Waals surface area (Å²) in [6.45, 7) is 6.03. The lowest BCUT2D eigenvalue weighted by Crippen LogP contribution is -2.23. The largest absolute Gasteiger partial charge is 0.295 e. The molecular weight excluding hydrogens is 284 g/mol. The van der Waals surface area contributed by atoms with Crippen molar-refractivity contribution in [2.24, 2.45) is 0 Å². The minimum Gasteiger partial charge on any atom is -0.295 e. The van der Waals surface area contributed by atoms with Crippen LogP contribution in [0, 0.1) is 18.3 Å². The standard InChI is InChI=1S/C20H16N2O/c1-3-12-22-18(13-21)19(15-10-8-14(2)9-11-15)16-6-4-5-7-17(16)20(22)23/h3-11H,1,12H2,2H3. The van der Waals surface area contributed by atoms with Crippen LogP contribution in [0.1, 0.15) is 11.3 Å². The second-order valence-electron chi connectivity index (χ2n) is 5.45. The zero-order chi connectivity index (χ0) is 16.4. The Balaban J connectivity index is 2.50. The zero-order valence-corrected chi connectivity index (χ0v) is 12.9. The maximum Gasteiger partial charge on any atom is 0.259 e. The first-order valence-electron chi connectivity index (χ1n) is 7.41. The summed E-state index contributed by atoms with van der Waals surface area (Å²) in [4.78, 5) is 12.7. The number of fused-ring (bicyclic) bond motifs is 1. The average Bonchev–Trinajstić information content (AvgIpc) is 2.58. The molecule has 0 N–H and O–H groups in total. The lowest BCUT2D eigenvalue weighted by atomic mass is 9.96. The molecule has 1 heterocycles. The van der Waals surface area contributed by atoms with Crippen molar-refractivity contribution in [3.05, 3.63) is 82.8 Å². The van der Waals surface area contributed by atoms with Crippen molar-refractivity contribution in [2.45, 2.75) is 13.5 Å². The molecule has 3 nitrogen and oxygen atoms in total. The third-order valence-corrected chi connectivity index (χ3v) is 3.94. The number of rotatable bonds is 3. The number of nitrogens with zero attached hydrogens (tertiary/aromatic N) is 2. The predicted molar refractivity (Wildman–Crippen MR) is 93.3 cm³/mol. The topological polar surface area (TPSA) is 45.8 Å². The second kappa shape index (κ2) is 5.94. The van der Waals surface area contributed by atoms with Crippen molar-refractivity contribution >= 4 is 10.8 Å². The Labute approximate surface area is 134 Å². The van der Waals surface area contributed by atoms with Gasteiger partial charge in [-0.1, -0.05) is 54.1 Å². The number of allylic oxidation sites excluding steroid dienone is 1. The summed E-state index contributed by atoms with van der Waals surface area (Å²) in [5.41, 5.74) is 3.09. The molecule has 0 amide bonds. The number of aromatic nitrogens is 1. The van der Waals surface area contributed by atoms with Crippen LogP contribution in [-0.4, -0.2) is 4.57 Å². The molecule has 0 aliphatic heterocycles. The Morgan fingerprint density at radius 2 is 1.78 bits per heavy atom. The van der Waals surface area contributed by atoms with Crippen molar-refractivity contribution < 1.29 is 0 Å². The molecule has 3 rings (SSSR count). The van der Waals surface area contributed by atoms with Gasteiger partial charge in [-0.25, -0.2) is 0 Å². The minimum absolute atomic E-state index is 0.159. The Kier molecular flexibility index (Phi) is 3.82. The van der Waals surface area contributed by atoms with Crippen LogP contribution >= 0.6 is 0 Å². The molecular formula is C20H16N2O. The maximum absolute atomic E-state index is 12.7. The Bertz CT molecular complexity index is 989. The highest BCUT2D eigenvalue weighted by Gasteiger charge is 2.17. The quantitative estimate of drug-likeness (QED) is 0.685. The van der Waals surface area contributed by atoms with Crippen LogP contribution in [0.5, 0.6) is 0 Å². The zero-order valence-electron chi connectivity index (χ0n) is 12.9. The summed E-state index contributed by atoms with van der Waals surface area (Å²) in [6.07, 6.45) is 1.63. The van der Waals surface area contributed by atoms with E-state index in [1.807, 2.05) is 49.4 Å². The summed E-state index contributed by atoms with van der Waals surface area (Å²) in [5, 5.41) is 11.1. The van der Waals surface area contributed by atoms with E-state index in [0.29, 0.717) is 17.6 Å². The highest BCUT2D eigenvalue weighted by atomic mass is 16.1. The predicted octanol–water partition coefficient (Wildman–Crippen LogP) is 4.03. The monoisotopic (exact) mass is 300 g/mol. The summed E-state index contributed by atoms with van der Waals surface area (Å²) in [7, 11) is 0. The first-order valence-corrected chi connectivity index (χ1v) is 7.41. The van der Waals surface area contributed by atoms with Crippen LogP contribution in [0.15, 0.2) is 66.0 Å². The molecule has 112 valence electrons. The maximum atomic E-state index is 12.7. The number of benzene rings is 2. The molecule has 2 aromatic carbocycles. The molecule has 0 aliphatic rings. The van der Waals surface area contributed by atoms with Crippen LogP contribution in [0.3, 0.4) is 0 Å². The van der Waals surface area contributed by atoms with E-state index >= 15 is 0 Å². The van der Waals surface area contributed by atoms with Gasteiger partial charge in [-0.05, 0) is 23.9 Å². The van der Waals surface area contributed by atoms with E-state index in [0.717, 1.165) is 22.1 Å². The Morgan fingerprint density at radius 1 is 1.13 bits per heavy atom. The summed E-state index contributed by atoms with van der Waals surface area (Å²) in [5.74, 6) is 0. The lowest BCUT2D eigenvalue weighted by molar-refractivity contribution is 0.777. The van der Waals surface area contributed by atoms with Crippen LogP contribution < -0.4 is 5.56 Å². The molecule has 0 aliphatic carbocycles. The van der Waals surface area contributed by atoms with Crippen LogP contribution in [0.25, 0.3) is 21.9 Å². The highest BCUT2D eigenvalue weighted by Crippen LogP contribution is 2.30. The van der Waals surface area contributed by atoms with Crippen LogP contribution in [-0.2, 0) is 6.54 Å². The Hall–Kier alpha value is -3.12. The molecule has 0 atom stereocenters. The molecule has 0 bridgehead atoms. The smallest absolute Gasteiger partial charge is 0.259 e. The second-order valence-corrected chi connectivity index (χ2v) is 5.45. The number of nitriles is 1. The first-order chi connectivity index (χ1) is 11.2. The third-order valence-electron chi connectivity index (χ3n) is 3.94. The van der Waals surface area contributed by atoms with E-state index in [1.54, 1.807) is 12.1 Å². The minimum atomic E-state index is -0.159. The molecule has 0 saturated carbocycles. The molecule has 0 saturated heterocycles. The van der Waals surface area contributed by atoms with Gasteiger partial charge in [0.2, 0.25) is 0 Å². The number of aryl methyl sites for hydroxylation is 1. The van der Waals surface area contributed by atoms with Crippen molar-refractivity contribution in [1.82, 2.24) is 4.57 Å². The molecule has 0 unspecified atom stereocenters. The van der Waals surface area contributed by atoms with E-state index < -0.39 is 0 Å².